The first-order valence-electron chi connectivity index (χ1n) is 8.15. The molecule has 2 aromatic rings. The van der Waals surface area contributed by atoms with Gasteiger partial charge in [0, 0.05) is 37.8 Å². The van der Waals surface area contributed by atoms with Crippen molar-refractivity contribution in [1.82, 2.24) is 19.6 Å². The zero-order chi connectivity index (χ0) is 16.6. The summed E-state index contributed by atoms with van der Waals surface area (Å²) in [5, 5.41) is 3.93. The number of aromatic nitrogens is 3. The average molecular weight is 316 g/mol. The number of carbonyl (C=O) groups excluding carboxylic acids is 1. The molecule has 0 aliphatic carbocycles. The van der Waals surface area contributed by atoms with Crippen LogP contribution in [0.3, 0.4) is 0 Å². The van der Waals surface area contributed by atoms with Crippen molar-refractivity contribution in [2.24, 2.45) is 7.05 Å². The molecule has 0 aromatic carbocycles. The third-order valence-corrected chi connectivity index (χ3v) is 4.68. The van der Waals surface area contributed by atoms with E-state index >= 15 is 0 Å². The minimum Gasteiger partial charge on any atom is -0.361 e. The quantitative estimate of drug-likeness (QED) is 0.871. The van der Waals surface area contributed by atoms with Gasteiger partial charge in [-0.2, -0.15) is 0 Å². The Morgan fingerprint density at radius 3 is 2.78 bits per heavy atom. The Kier molecular flexibility index (Phi) is 4.24. The molecule has 0 spiro atoms. The van der Waals surface area contributed by atoms with Crippen molar-refractivity contribution in [2.45, 2.75) is 46.0 Å². The van der Waals surface area contributed by atoms with Crippen molar-refractivity contribution in [1.29, 1.82) is 0 Å². The van der Waals surface area contributed by atoms with Gasteiger partial charge in [-0.1, -0.05) is 5.16 Å². The zero-order valence-corrected chi connectivity index (χ0v) is 14.3. The Labute approximate surface area is 136 Å². The van der Waals surface area contributed by atoms with Gasteiger partial charge in [0.15, 0.2) is 0 Å². The van der Waals surface area contributed by atoms with E-state index in [0.717, 1.165) is 54.5 Å². The monoisotopic (exact) mass is 316 g/mol. The number of piperidine rings is 1. The van der Waals surface area contributed by atoms with E-state index in [2.05, 4.69) is 14.7 Å². The SMILES string of the molecule is Cc1cn(C)c([C@@H]2CCCN(C(=O)Cc3c(C)noc3C)C2)n1. The molecule has 0 N–H and O–H groups in total. The molecule has 1 aliphatic heterocycles. The van der Waals surface area contributed by atoms with Crippen LogP contribution in [0.4, 0.5) is 0 Å². The number of nitrogens with zero attached hydrogens (tertiary/aromatic N) is 4. The van der Waals surface area contributed by atoms with E-state index < -0.39 is 0 Å². The number of aryl methyl sites for hydroxylation is 4. The lowest BCUT2D eigenvalue weighted by molar-refractivity contribution is -0.131. The van der Waals surface area contributed by atoms with Gasteiger partial charge in [-0.05, 0) is 33.6 Å². The van der Waals surface area contributed by atoms with Crippen LogP contribution in [0, 0.1) is 20.8 Å². The Bertz CT molecular complexity index is 697. The lowest BCUT2D eigenvalue weighted by Crippen LogP contribution is -2.40. The van der Waals surface area contributed by atoms with Crippen molar-refractivity contribution >= 4 is 5.91 Å². The maximum atomic E-state index is 12.7. The van der Waals surface area contributed by atoms with Crippen LogP contribution >= 0.6 is 0 Å². The Morgan fingerprint density at radius 2 is 2.17 bits per heavy atom. The van der Waals surface area contributed by atoms with Crippen LogP contribution in [0.2, 0.25) is 0 Å². The fourth-order valence-electron chi connectivity index (χ4n) is 3.45. The molecule has 1 saturated heterocycles. The second-order valence-electron chi connectivity index (χ2n) is 6.51. The minimum atomic E-state index is 0.148. The fourth-order valence-corrected chi connectivity index (χ4v) is 3.45. The number of rotatable bonds is 3. The summed E-state index contributed by atoms with van der Waals surface area (Å²) in [6.45, 7) is 7.31. The smallest absolute Gasteiger partial charge is 0.227 e. The lowest BCUT2D eigenvalue weighted by atomic mass is 9.96. The minimum absolute atomic E-state index is 0.148. The molecule has 2 aromatic heterocycles. The summed E-state index contributed by atoms with van der Waals surface area (Å²) in [6.07, 6.45) is 4.51. The van der Waals surface area contributed by atoms with Crippen LogP contribution in [-0.4, -0.2) is 38.6 Å². The van der Waals surface area contributed by atoms with Gasteiger partial charge in [0.25, 0.3) is 0 Å². The van der Waals surface area contributed by atoms with Crippen LogP contribution in [0.15, 0.2) is 10.7 Å². The summed E-state index contributed by atoms with van der Waals surface area (Å²) in [6, 6.07) is 0. The molecule has 0 unspecified atom stereocenters. The molecule has 1 atom stereocenters. The first-order chi connectivity index (χ1) is 11.0. The van der Waals surface area contributed by atoms with E-state index in [1.165, 1.54) is 0 Å². The second-order valence-corrected chi connectivity index (χ2v) is 6.51. The molecule has 6 nitrogen and oxygen atoms in total. The highest BCUT2D eigenvalue weighted by Crippen LogP contribution is 2.27. The molecule has 23 heavy (non-hydrogen) atoms. The predicted octanol–water partition coefficient (Wildman–Crippen LogP) is 2.28. The van der Waals surface area contributed by atoms with Crippen LogP contribution < -0.4 is 0 Å². The highest BCUT2D eigenvalue weighted by atomic mass is 16.5. The van der Waals surface area contributed by atoms with Crippen molar-refractivity contribution in [3.8, 4) is 0 Å². The van der Waals surface area contributed by atoms with Gasteiger partial charge in [-0.3, -0.25) is 4.79 Å². The van der Waals surface area contributed by atoms with Gasteiger partial charge < -0.3 is 14.0 Å². The molecule has 124 valence electrons. The number of amides is 1. The number of carbonyl (C=O) groups is 1. The van der Waals surface area contributed by atoms with Crippen molar-refractivity contribution in [3.63, 3.8) is 0 Å². The van der Waals surface area contributed by atoms with Crippen molar-refractivity contribution in [3.05, 3.63) is 34.7 Å². The van der Waals surface area contributed by atoms with E-state index in [4.69, 9.17) is 4.52 Å². The molecule has 1 aliphatic rings. The molecule has 1 amide bonds. The molecule has 1 fully saturated rings. The molecule has 6 heteroatoms. The third kappa shape index (κ3) is 3.16. The van der Waals surface area contributed by atoms with Crippen LogP contribution in [0.25, 0.3) is 0 Å². The van der Waals surface area contributed by atoms with Gasteiger partial charge in [-0.15, -0.1) is 0 Å². The van der Waals surface area contributed by atoms with Gasteiger partial charge in [0.1, 0.15) is 11.6 Å². The maximum absolute atomic E-state index is 12.7. The summed E-state index contributed by atoms with van der Waals surface area (Å²) in [5.41, 5.74) is 2.76. The highest BCUT2D eigenvalue weighted by molar-refractivity contribution is 5.79. The van der Waals surface area contributed by atoms with Gasteiger partial charge >= 0.3 is 0 Å². The lowest BCUT2D eigenvalue weighted by Gasteiger charge is -2.32. The first kappa shape index (κ1) is 15.8. The van der Waals surface area contributed by atoms with Crippen LogP contribution in [0.5, 0.6) is 0 Å². The van der Waals surface area contributed by atoms with Crippen molar-refractivity contribution < 1.29 is 9.32 Å². The summed E-state index contributed by atoms with van der Waals surface area (Å²) in [5.74, 6) is 2.28. The highest BCUT2D eigenvalue weighted by Gasteiger charge is 2.28. The Balaban J connectivity index is 1.71. The fraction of sp³-hybridized carbons (Fsp3) is 0.588. The van der Waals surface area contributed by atoms with Crippen LogP contribution in [0.1, 0.15) is 47.3 Å². The number of hydrogen-bond donors (Lipinski definition) is 0. The average Bonchev–Trinajstić information content (AvgIpc) is 3.03. The van der Waals surface area contributed by atoms with Gasteiger partial charge in [0.05, 0.1) is 17.8 Å². The maximum Gasteiger partial charge on any atom is 0.227 e. The third-order valence-electron chi connectivity index (χ3n) is 4.68. The number of likely N-dealkylation sites (tertiary alicyclic amines) is 1. The molecule has 0 bridgehead atoms. The zero-order valence-electron chi connectivity index (χ0n) is 14.3. The van der Waals surface area contributed by atoms with Crippen LogP contribution in [-0.2, 0) is 18.3 Å². The molecule has 0 radical (unpaired) electrons. The molecule has 3 rings (SSSR count). The summed E-state index contributed by atoms with van der Waals surface area (Å²) < 4.78 is 7.24. The summed E-state index contributed by atoms with van der Waals surface area (Å²) in [7, 11) is 2.03. The topological polar surface area (TPSA) is 64.2 Å². The Hall–Kier alpha value is -2.11. The van der Waals surface area contributed by atoms with E-state index in [1.54, 1.807) is 0 Å². The summed E-state index contributed by atoms with van der Waals surface area (Å²) in [4.78, 5) is 19.3. The first-order valence-corrected chi connectivity index (χ1v) is 8.15. The van der Waals surface area contributed by atoms with Gasteiger partial charge in [-0.25, -0.2) is 4.98 Å². The van der Waals surface area contributed by atoms with E-state index in [9.17, 15) is 4.79 Å². The molecular formula is C17H24N4O2. The summed E-state index contributed by atoms with van der Waals surface area (Å²) >= 11 is 0. The van der Waals surface area contributed by atoms with Crippen molar-refractivity contribution in [2.75, 3.05) is 13.1 Å². The number of hydrogen-bond acceptors (Lipinski definition) is 4. The van der Waals surface area contributed by atoms with Gasteiger partial charge in [0.2, 0.25) is 5.91 Å². The van der Waals surface area contributed by atoms with E-state index in [0.29, 0.717) is 12.3 Å². The predicted molar refractivity (Wildman–Crippen MR) is 86.2 cm³/mol. The normalized spacial score (nSPS) is 18.4. The largest absolute Gasteiger partial charge is 0.361 e. The molecule has 3 heterocycles. The van der Waals surface area contributed by atoms with E-state index in [-0.39, 0.29) is 5.91 Å². The molecular weight excluding hydrogens is 292 g/mol. The number of imidazole rings is 1. The van der Waals surface area contributed by atoms with E-state index in [1.807, 2.05) is 38.9 Å². The standard InChI is InChI=1S/C17H24N4O2/c1-11-9-20(4)17(18-11)14-6-5-7-21(10-14)16(22)8-15-12(2)19-23-13(15)3/h9,14H,5-8,10H2,1-4H3/t14-/m1/s1. The second kappa shape index (κ2) is 6.18. The molecule has 0 saturated carbocycles. The Morgan fingerprint density at radius 1 is 1.39 bits per heavy atom.